The third-order valence-corrected chi connectivity index (χ3v) is 3.90. The zero-order valence-electron chi connectivity index (χ0n) is 12.7. The molecule has 0 saturated heterocycles. The molecule has 0 unspecified atom stereocenters. The van der Waals surface area contributed by atoms with Crippen LogP contribution in [0, 0.1) is 6.92 Å². The van der Waals surface area contributed by atoms with Crippen LogP contribution in [0.4, 0.5) is 0 Å². The van der Waals surface area contributed by atoms with Gasteiger partial charge in [0.15, 0.2) is 0 Å². The lowest BCUT2D eigenvalue weighted by molar-refractivity contribution is -0.122. The Kier molecular flexibility index (Phi) is 6.05. The highest BCUT2D eigenvalue weighted by molar-refractivity contribution is 5.76. The van der Waals surface area contributed by atoms with Gasteiger partial charge in [0.1, 0.15) is 5.75 Å². The van der Waals surface area contributed by atoms with E-state index in [0.717, 1.165) is 37.9 Å². The fourth-order valence-corrected chi connectivity index (χ4v) is 2.58. The van der Waals surface area contributed by atoms with Crippen LogP contribution in [0.2, 0.25) is 0 Å². The molecule has 2 N–H and O–H groups in total. The zero-order chi connectivity index (χ0) is 15.1. The Labute approximate surface area is 126 Å². The Balaban J connectivity index is 1.58. The van der Waals surface area contributed by atoms with Gasteiger partial charge in [-0.3, -0.25) is 4.79 Å². The maximum Gasteiger partial charge on any atom is 0.220 e. The van der Waals surface area contributed by atoms with Gasteiger partial charge in [0.25, 0.3) is 0 Å². The van der Waals surface area contributed by atoms with Crippen molar-refractivity contribution in [3.8, 4) is 5.75 Å². The maximum atomic E-state index is 11.8. The topological polar surface area (TPSA) is 58.6 Å². The van der Waals surface area contributed by atoms with Crippen LogP contribution in [-0.2, 0) is 4.79 Å². The Bertz CT molecular complexity index is 436. The van der Waals surface area contributed by atoms with Crippen LogP contribution in [0.5, 0.6) is 5.75 Å². The van der Waals surface area contributed by atoms with Crippen molar-refractivity contribution in [3.63, 3.8) is 0 Å². The summed E-state index contributed by atoms with van der Waals surface area (Å²) in [5.41, 5.74) is 1.21. The van der Waals surface area contributed by atoms with Gasteiger partial charge in [0, 0.05) is 12.5 Å². The van der Waals surface area contributed by atoms with Crippen molar-refractivity contribution in [3.05, 3.63) is 29.8 Å². The molecule has 0 bridgehead atoms. The first-order valence-corrected chi connectivity index (χ1v) is 7.80. The summed E-state index contributed by atoms with van der Waals surface area (Å²) >= 11 is 0. The monoisotopic (exact) mass is 291 g/mol. The van der Waals surface area contributed by atoms with Crippen LogP contribution < -0.4 is 10.1 Å². The number of aryl methyl sites for hydroxylation is 1. The first-order valence-electron chi connectivity index (χ1n) is 7.80. The number of aliphatic hydroxyl groups is 1. The summed E-state index contributed by atoms with van der Waals surface area (Å²) in [5.74, 6) is 0.936. The molecule has 116 valence electrons. The van der Waals surface area contributed by atoms with Gasteiger partial charge >= 0.3 is 0 Å². The second kappa shape index (κ2) is 8.03. The number of amides is 1. The van der Waals surface area contributed by atoms with E-state index in [4.69, 9.17) is 4.74 Å². The molecule has 0 aliphatic heterocycles. The normalized spacial score (nSPS) is 21.8. The molecular formula is C17H25NO3. The molecule has 2 rings (SSSR count). The number of nitrogens with one attached hydrogen (secondary N) is 1. The van der Waals surface area contributed by atoms with Crippen molar-refractivity contribution in [2.75, 3.05) is 6.61 Å². The molecule has 1 amide bonds. The van der Waals surface area contributed by atoms with Crippen molar-refractivity contribution in [2.45, 2.75) is 57.6 Å². The van der Waals surface area contributed by atoms with Gasteiger partial charge in [-0.2, -0.15) is 0 Å². The number of carbonyl (C=O) groups excluding carboxylic acids is 1. The summed E-state index contributed by atoms with van der Waals surface area (Å²) in [5, 5.41) is 12.5. The van der Waals surface area contributed by atoms with Crippen LogP contribution >= 0.6 is 0 Å². The summed E-state index contributed by atoms with van der Waals surface area (Å²) in [6, 6.07) is 8.16. The van der Waals surface area contributed by atoms with Crippen molar-refractivity contribution < 1.29 is 14.6 Å². The molecule has 1 aromatic carbocycles. The number of hydrogen-bond acceptors (Lipinski definition) is 3. The quantitative estimate of drug-likeness (QED) is 0.792. The fraction of sp³-hybridized carbons (Fsp3) is 0.588. The second-order valence-electron chi connectivity index (χ2n) is 5.84. The largest absolute Gasteiger partial charge is 0.494 e. The Hall–Kier alpha value is -1.55. The van der Waals surface area contributed by atoms with E-state index in [1.165, 1.54) is 5.56 Å². The predicted octanol–water partition coefficient (Wildman–Crippen LogP) is 2.57. The van der Waals surface area contributed by atoms with Crippen LogP contribution in [0.3, 0.4) is 0 Å². The van der Waals surface area contributed by atoms with Gasteiger partial charge in [-0.15, -0.1) is 0 Å². The summed E-state index contributed by atoms with van der Waals surface area (Å²) in [4.78, 5) is 11.8. The minimum atomic E-state index is -0.180. The molecule has 1 aromatic rings. The van der Waals surface area contributed by atoms with Gasteiger partial charge in [-0.25, -0.2) is 0 Å². The van der Waals surface area contributed by atoms with Crippen molar-refractivity contribution in [2.24, 2.45) is 0 Å². The lowest BCUT2D eigenvalue weighted by Gasteiger charge is -2.26. The third kappa shape index (κ3) is 5.76. The van der Waals surface area contributed by atoms with E-state index >= 15 is 0 Å². The molecule has 0 heterocycles. The fourth-order valence-electron chi connectivity index (χ4n) is 2.58. The van der Waals surface area contributed by atoms with Gasteiger partial charge in [-0.1, -0.05) is 17.7 Å². The summed E-state index contributed by atoms with van der Waals surface area (Å²) in [6.07, 6.45) is 4.38. The van der Waals surface area contributed by atoms with Crippen LogP contribution in [0.25, 0.3) is 0 Å². The van der Waals surface area contributed by atoms with E-state index in [1.54, 1.807) is 0 Å². The number of benzene rings is 1. The summed E-state index contributed by atoms with van der Waals surface area (Å²) in [6.45, 7) is 2.60. The molecule has 0 aromatic heterocycles. The molecular weight excluding hydrogens is 266 g/mol. The Morgan fingerprint density at radius 1 is 1.24 bits per heavy atom. The highest BCUT2D eigenvalue weighted by atomic mass is 16.5. The number of rotatable bonds is 6. The van der Waals surface area contributed by atoms with E-state index in [1.807, 2.05) is 31.2 Å². The Morgan fingerprint density at radius 2 is 1.90 bits per heavy atom. The minimum absolute atomic E-state index is 0.0869. The summed E-state index contributed by atoms with van der Waals surface area (Å²) in [7, 11) is 0. The number of ether oxygens (including phenoxy) is 1. The molecule has 4 nitrogen and oxygen atoms in total. The summed E-state index contributed by atoms with van der Waals surface area (Å²) < 4.78 is 5.60. The first-order chi connectivity index (χ1) is 10.1. The smallest absolute Gasteiger partial charge is 0.220 e. The molecule has 0 atom stereocenters. The van der Waals surface area contributed by atoms with Gasteiger partial charge in [0.2, 0.25) is 5.91 Å². The molecule has 1 aliphatic rings. The standard InChI is InChI=1S/C17H25NO3/c1-13-4-10-16(11-5-13)21-12-2-3-17(20)18-14-6-8-15(19)9-7-14/h4-5,10-11,14-15,19H,2-3,6-9,12H2,1H3,(H,18,20). The highest BCUT2D eigenvalue weighted by Gasteiger charge is 2.20. The highest BCUT2D eigenvalue weighted by Crippen LogP contribution is 2.18. The van der Waals surface area contributed by atoms with Crippen LogP contribution in [0.1, 0.15) is 44.1 Å². The predicted molar refractivity (Wildman–Crippen MR) is 82.3 cm³/mol. The number of aliphatic hydroxyl groups excluding tert-OH is 1. The van der Waals surface area contributed by atoms with Crippen molar-refractivity contribution in [1.82, 2.24) is 5.32 Å². The molecule has 1 aliphatic carbocycles. The molecule has 0 spiro atoms. The van der Waals surface area contributed by atoms with Gasteiger partial charge in [0.05, 0.1) is 12.7 Å². The molecule has 0 radical (unpaired) electrons. The SMILES string of the molecule is Cc1ccc(OCCCC(=O)NC2CCC(O)CC2)cc1. The lowest BCUT2D eigenvalue weighted by Crippen LogP contribution is -2.38. The molecule has 4 heteroatoms. The minimum Gasteiger partial charge on any atom is -0.494 e. The van der Waals surface area contributed by atoms with Crippen LogP contribution in [0.15, 0.2) is 24.3 Å². The van der Waals surface area contributed by atoms with E-state index in [2.05, 4.69) is 5.32 Å². The molecule has 1 fully saturated rings. The lowest BCUT2D eigenvalue weighted by atomic mass is 9.93. The first kappa shape index (κ1) is 15.8. The Morgan fingerprint density at radius 3 is 2.57 bits per heavy atom. The van der Waals surface area contributed by atoms with E-state index in [9.17, 15) is 9.90 Å². The zero-order valence-corrected chi connectivity index (χ0v) is 12.7. The third-order valence-electron chi connectivity index (χ3n) is 3.90. The maximum absolute atomic E-state index is 11.8. The van der Waals surface area contributed by atoms with Gasteiger partial charge < -0.3 is 15.2 Å². The molecule has 1 saturated carbocycles. The average molecular weight is 291 g/mol. The van der Waals surface area contributed by atoms with E-state index in [-0.39, 0.29) is 18.1 Å². The molecule has 21 heavy (non-hydrogen) atoms. The second-order valence-corrected chi connectivity index (χ2v) is 5.84. The van der Waals surface area contributed by atoms with Crippen molar-refractivity contribution >= 4 is 5.91 Å². The van der Waals surface area contributed by atoms with Gasteiger partial charge in [-0.05, 0) is 51.2 Å². The number of hydrogen-bond donors (Lipinski definition) is 2. The van der Waals surface area contributed by atoms with Crippen molar-refractivity contribution in [1.29, 1.82) is 0 Å². The average Bonchev–Trinajstić information content (AvgIpc) is 2.48. The van der Waals surface area contributed by atoms with Crippen LogP contribution in [-0.4, -0.2) is 29.8 Å². The van der Waals surface area contributed by atoms with E-state index in [0.29, 0.717) is 13.0 Å². The van der Waals surface area contributed by atoms with E-state index < -0.39 is 0 Å². The number of carbonyl (C=O) groups is 1.